The SMILES string of the molecule is Cc1cc(CC(OC(=O)N2CCC(N3CCc4ccccc4NC3=O)CC2)C(=O)N2CCN(C3CCN(S(=O)(=O)N(C)C)CC3)CC2)cc(C)c1O. The van der Waals surface area contributed by atoms with Gasteiger partial charge in [0.05, 0.1) is 0 Å². The Morgan fingerprint density at radius 3 is 2.13 bits per heavy atom. The standard InChI is InChI=1S/C37H53N7O7S/c1-26-23-28(24-27(2)34(26)45)25-33(35(46)41-21-19-40(20-22-41)30-12-16-43(17-13-30)52(49,50)39(3)4)51-37(48)42-14-10-31(11-15-42)44-18-9-29-7-5-6-8-32(29)38-36(44)47/h5-8,23-24,30-31,33,45H,9-22,25H2,1-4H3,(H,38,47). The molecule has 1 atom stereocenters. The molecular weight excluding hydrogens is 687 g/mol. The number of piperidine rings is 2. The highest BCUT2D eigenvalue weighted by Gasteiger charge is 2.37. The van der Waals surface area contributed by atoms with Crippen molar-refractivity contribution in [2.24, 2.45) is 0 Å². The number of nitrogens with zero attached hydrogens (tertiary/aromatic N) is 6. The molecule has 15 heteroatoms. The van der Waals surface area contributed by atoms with Gasteiger partial charge in [-0.1, -0.05) is 30.3 Å². The van der Waals surface area contributed by atoms with E-state index in [2.05, 4.69) is 10.2 Å². The predicted octanol–water partition coefficient (Wildman–Crippen LogP) is 3.03. The lowest BCUT2D eigenvalue weighted by Crippen LogP contribution is -2.57. The van der Waals surface area contributed by atoms with E-state index in [4.69, 9.17) is 4.74 Å². The molecule has 2 aromatic rings. The van der Waals surface area contributed by atoms with Crippen LogP contribution in [0.2, 0.25) is 0 Å². The summed E-state index contributed by atoms with van der Waals surface area (Å²) < 4.78 is 34.0. The molecule has 14 nitrogen and oxygen atoms in total. The van der Waals surface area contributed by atoms with E-state index < -0.39 is 22.4 Å². The number of carbonyl (C=O) groups excluding carboxylic acids is 3. The number of hydrogen-bond donors (Lipinski definition) is 2. The monoisotopic (exact) mass is 739 g/mol. The fraction of sp³-hybridized carbons (Fsp3) is 0.595. The summed E-state index contributed by atoms with van der Waals surface area (Å²) in [7, 11) is -0.343. The van der Waals surface area contributed by atoms with E-state index in [9.17, 15) is 27.9 Å². The molecule has 3 fully saturated rings. The van der Waals surface area contributed by atoms with Crippen LogP contribution in [-0.2, 0) is 32.6 Å². The molecule has 52 heavy (non-hydrogen) atoms. The molecule has 4 amide bonds. The minimum absolute atomic E-state index is 0.0142. The number of aromatic hydroxyl groups is 1. The van der Waals surface area contributed by atoms with E-state index in [-0.39, 0.29) is 36.2 Å². The molecule has 4 heterocycles. The molecule has 6 rings (SSSR count). The summed E-state index contributed by atoms with van der Waals surface area (Å²) in [6, 6.07) is 11.6. The normalized spacial score (nSPS) is 20.7. The summed E-state index contributed by atoms with van der Waals surface area (Å²) in [5, 5.41) is 13.4. The lowest BCUT2D eigenvalue weighted by molar-refractivity contribution is -0.143. The minimum Gasteiger partial charge on any atom is -0.507 e. The zero-order valence-corrected chi connectivity index (χ0v) is 31.6. The Balaban J connectivity index is 1.06. The predicted molar refractivity (Wildman–Crippen MR) is 197 cm³/mol. The number of carbonyl (C=O) groups is 3. The highest BCUT2D eigenvalue weighted by atomic mass is 32.2. The quantitative estimate of drug-likeness (QED) is 0.421. The Bertz CT molecular complexity index is 1710. The van der Waals surface area contributed by atoms with Gasteiger partial charge in [-0.3, -0.25) is 9.69 Å². The molecule has 0 aliphatic carbocycles. The van der Waals surface area contributed by atoms with Crippen molar-refractivity contribution in [1.82, 2.24) is 28.2 Å². The Hall–Kier alpha value is -3.92. The van der Waals surface area contributed by atoms with Crippen molar-refractivity contribution < 1.29 is 32.6 Å². The van der Waals surface area contributed by atoms with Gasteiger partial charge in [-0.2, -0.15) is 17.0 Å². The fourth-order valence-corrected chi connectivity index (χ4v) is 9.17. The van der Waals surface area contributed by atoms with E-state index in [0.717, 1.165) is 36.1 Å². The average molecular weight is 740 g/mol. The summed E-state index contributed by atoms with van der Waals surface area (Å²) in [5.74, 6) is -0.0475. The van der Waals surface area contributed by atoms with Crippen LogP contribution in [0.4, 0.5) is 15.3 Å². The third kappa shape index (κ3) is 8.32. The van der Waals surface area contributed by atoms with Gasteiger partial charge in [0, 0.05) is 97.2 Å². The van der Waals surface area contributed by atoms with Gasteiger partial charge in [-0.25, -0.2) is 9.59 Å². The number of hydrogen-bond acceptors (Lipinski definition) is 8. The molecule has 0 saturated carbocycles. The summed E-state index contributed by atoms with van der Waals surface area (Å²) in [4.78, 5) is 48.5. The number of likely N-dealkylation sites (tertiary alicyclic amines) is 1. The maximum Gasteiger partial charge on any atom is 0.410 e. The molecule has 0 spiro atoms. The van der Waals surface area contributed by atoms with Crippen LogP contribution in [0.1, 0.15) is 47.9 Å². The van der Waals surface area contributed by atoms with Crippen molar-refractivity contribution in [2.75, 3.05) is 78.3 Å². The first-order valence-corrected chi connectivity index (χ1v) is 19.8. The molecule has 0 bridgehead atoms. The Morgan fingerprint density at radius 2 is 1.50 bits per heavy atom. The number of piperazine rings is 1. The zero-order valence-electron chi connectivity index (χ0n) is 30.8. The van der Waals surface area contributed by atoms with Gasteiger partial charge < -0.3 is 29.9 Å². The van der Waals surface area contributed by atoms with Crippen molar-refractivity contribution in [3.05, 3.63) is 58.7 Å². The third-order valence-corrected chi connectivity index (χ3v) is 13.1. The lowest BCUT2D eigenvalue weighted by Gasteiger charge is -2.43. The van der Waals surface area contributed by atoms with Gasteiger partial charge in [0.2, 0.25) is 0 Å². The minimum atomic E-state index is -3.44. The molecule has 4 aliphatic heterocycles. The van der Waals surface area contributed by atoms with Crippen LogP contribution in [0.15, 0.2) is 36.4 Å². The van der Waals surface area contributed by atoms with Crippen LogP contribution in [0, 0.1) is 13.8 Å². The van der Waals surface area contributed by atoms with Gasteiger partial charge in [0.25, 0.3) is 16.1 Å². The van der Waals surface area contributed by atoms with Crippen LogP contribution in [0.25, 0.3) is 0 Å². The van der Waals surface area contributed by atoms with Gasteiger partial charge in [0.15, 0.2) is 6.10 Å². The Labute approximate surface area is 307 Å². The third-order valence-electron chi connectivity index (χ3n) is 11.1. The second-order valence-electron chi connectivity index (χ2n) is 14.7. The van der Waals surface area contributed by atoms with Crippen LogP contribution in [0.5, 0.6) is 5.75 Å². The molecule has 2 N–H and O–H groups in total. The van der Waals surface area contributed by atoms with Crippen molar-refractivity contribution in [2.45, 2.75) is 70.6 Å². The molecule has 4 aliphatic rings. The maximum absolute atomic E-state index is 14.1. The van der Waals surface area contributed by atoms with Crippen molar-refractivity contribution >= 4 is 33.9 Å². The number of phenolic OH excluding ortho intramolecular Hbond substituents is 1. The number of rotatable bonds is 8. The fourth-order valence-electron chi connectivity index (χ4n) is 8.03. The number of ether oxygens (including phenoxy) is 1. The number of nitrogens with one attached hydrogen (secondary N) is 1. The van der Waals surface area contributed by atoms with E-state index in [1.165, 1.54) is 8.61 Å². The van der Waals surface area contributed by atoms with Crippen molar-refractivity contribution in [1.29, 1.82) is 0 Å². The number of urea groups is 1. The van der Waals surface area contributed by atoms with Gasteiger partial charge in [-0.05, 0) is 74.3 Å². The largest absolute Gasteiger partial charge is 0.507 e. The second kappa shape index (κ2) is 16.0. The second-order valence-corrected chi connectivity index (χ2v) is 16.8. The van der Waals surface area contributed by atoms with Crippen LogP contribution in [0.3, 0.4) is 0 Å². The van der Waals surface area contributed by atoms with E-state index in [0.29, 0.717) is 82.9 Å². The molecule has 0 aromatic heterocycles. The smallest absolute Gasteiger partial charge is 0.410 e. The molecule has 1 unspecified atom stereocenters. The zero-order chi connectivity index (χ0) is 37.2. The summed E-state index contributed by atoms with van der Waals surface area (Å²) in [6.45, 7) is 8.21. The molecule has 3 saturated heterocycles. The maximum atomic E-state index is 14.1. The Morgan fingerprint density at radius 1 is 0.885 bits per heavy atom. The van der Waals surface area contributed by atoms with Gasteiger partial charge >= 0.3 is 12.1 Å². The molecule has 2 aromatic carbocycles. The summed E-state index contributed by atoms with van der Waals surface area (Å²) >= 11 is 0. The van der Waals surface area contributed by atoms with E-state index in [1.54, 1.807) is 23.9 Å². The first-order valence-electron chi connectivity index (χ1n) is 18.4. The number of aryl methyl sites for hydroxylation is 2. The van der Waals surface area contributed by atoms with E-state index in [1.807, 2.05) is 55.1 Å². The number of anilines is 1. The van der Waals surface area contributed by atoms with Gasteiger partial charge in [0.1, 0.15) is 5.75 Å². The summed E-state index contributed by atoms with van der Waals surface area (Å²) in [5.41, 5.74) is 4.12. The van der Waals surface area contributed by atoms with Crippen LogP contribution in [-0.4, -0.2) is 151 Å². The highest BCUT2D eigenvalue weighted by molar-refractivity contribution is 7.86. The highest BCUT2D eigenvalue weighted by Crippen LogP contribution is 2.28. The van der Waals surface area contributed by atoms with Gasteiger partial charge in [-0.15, -0.1) is 0 Å². The average Bonchev–Trinajstić information content (AvgIpc) is 3.31. The number of phenols is 1. The van der Waals surface area contributed by atoms with Crippen LogP contribution < -0.4 is 5.32 Å². The first kappa shape index (κ1) is 37.8. The topological polar surface area (TPSA) is 146 Å². The Kier molecular flexibility index (Phi) is 11.6. The number of fused-ring (bicyclic) bond motifs is 1. The first-order chi connectivity index (χ1) is 24.8. The lowest BCUT2D eigenvalue weighted by atomic mass is 10.00. The molecule has 0 radical (unpaired) electrons. The number of amides is 4. The van der Waals surface area contributed by atoms with Crippen molar-refractivity contribution in [3.8, 4) is 5.75 Å². The molecular formula is C37H53N7O7S. The number of benzene rings is 2. The van der Waals surface area contributed by atoms with E-state index >= 15 is 0 Å². The van der Waals surface area contributed by atoms with Crippen molar-refractivity contribution in [3.63, 3.8) is 0 Å². The summed E-state index contributed by atoms with van der Waals surface area (Å²) in [6.07, 6.45) is 2.01. The number of para-hydroxylation sites is 1. The molecule has 284 valence electrons. The van der Waals surface area contributed by atoms with Crippen LogP contribution >= 0.6 is 0 Å².